The third kappa shape index (κ3) is 3.46. The Balaban J connectivity index is 2.49. The van der Waals surface area contributed by atoms with Crippen molar-refractivity contribution in [3.63, 3.8) is 0 Å². The van der Waals surface area contributed by atoms with Gasteiger partial charge in [0, 0.05) is 6.54 Å². The number of primary amides is 1. The monoisotopic (exact) mass is 228 g/mol. The Labute approximate surface area is 97.8 Å². The lowest BCUT2D eigenvalue weighted by atomic mass is 9.79. The van der Waals surface area contributed by atoms with Crippen LogP contribution >= 0.6 is 0 Å². The molecule has 1 aliphatic rings. The van der Waals surface area contributed by atoms with Crippen LogP contribution in [0.15, 0.2) is 0 Å². The highest BCUT2D eigenvalue weighted by Gasteiger charge is 2.34. The molecule has 3 N–H and O–H groups in total. The quantitative estimate of drug-likeness (QED) is 0.745. The van der Waals surface area contributed by atoms with Gasteiger partial charge in [-0.2, -0.15) is 0 Å². The lowest BCUT2D eigenvalue weighted by molar-refractivity contribution is -0.123. The first-order valence-electron chi connectivity index (χ1n) is 6.06. The second-order valence-corrected chi connectivity index (χ2v) is 5.40. The van der Waals surface area contributed by atoms with E-state index in [2.05, 4.69) is 6.92 Å². The SMILES string of the molecule is CC1CCC(O)(CN(C)[C@H](C)C(N)=O)CC1. The molecule has 0 aromatic carbocycles. The summed E-state index contributed by atoms with van der Waals surface area (Å²) in [5, 5.41) is 10.4. The smallest absolute Gasteiger partial charge is 0.234 e. The lowest BCUT2D eigenvalue weighted by Crippen LogP contribution is -2.50. The molecule has 0 aromatic heterocycles. The van der Waals surface area contributed by atoms with E-state index in [4.69, 9.17) is 5.73 Å². The molecule has 1 atom stereocenters. The molecule has 16 heavy (non-hydrogen) atoms. The highest BCUT2D eigenvalue weighted by Crippen LogP contribution is 2.32. The molecule has 1 fully saturated rings. The van der Waals surface area contributed by atoms with Crippen molar-refractivity contribution in [1.82, 2.24) is 4.90 Å². The molecule has 1 amide bonds. The zero-order valence-corrected chi connectivity index (χ0v) is 10.6. The summed E-state index contributed by atoms with van der Waals surface area (Å²) in [6.07, 6.45) is 3.78. The second-order valence-electron chi connectivity index (χ2n) is 5.40. The molecule has 0 radical (unpaired) electrons. The number of nitrogens with zero attached hydrogens (tertiary/aromatic N) is 1. The van der Waals surface area contributed by atoms with Crippen molar-refractivity contribution < 1.29 is 9.90 Å². The van der Waals surface area contributed by atoms with Crippen LogP contribution in [0.5, 0.6) is 0 Å². The topological polar surface area (TPSA) is 66.6 Å². The van der Waals surface area contributed by atoms with E-state index in [1.54, 1.807) is 6.92 Å². The fraction of sp³-hybridized carbons (Fsp3) is 0.917. The van der Waals surface area contributed by atoms with Crippen molar-refractivity contribution in [3.05, 3.63) is 0 Å². The maximum atomic E-state index is 11.0. The van der Waals surface area contributed by atoms with Crippen molar-refractivity contribution in [3.8, 4) is 0 Å². The minimum atomic E-state index is -0.634. The summed E-state index contributed by atoms with van der Waals surface area (Å²) < 4.78 is 0. The fourth-order valence-corrected chi connectivity index (χ4v) is 2.28. The van der Waals surface area contributed by atoms with Gasteiger partial charge in [0.2, 0.25) is 5.91 Å². The molecule has 0 heterocycles. The first-order valence-corrected chi connectivity index (χ1v) is 6.06. The van der Waals surface area contributed by atoms with E-state index in [1.165, 1.54) is 0 Å². The molecule has 94 valence electrons. The summed E-state index contributed by atoms with van der Waals surface area (Å²) in [5.74, 6) is 0.370. The summed E-state index contributed by atoms with van der Waals surface area (Å²) >= 11 is 0. The van der Waals surface area contributed by atoms with Crippen LogP contribution in [0.25, 0.3) is 0 Å². The van der Waals surface area contributed by atoms with Crippen LogP contribution in [0.3, 0.4) is 0 Å². The van der Waals surface area contributed by atoms with E-state index in [-0.39, 0.29) is 11.9 Å². The Hall–Kier alpha value is -0.610. The zero-order chi connectivity index (χ0) is 12.3. The number of nitrogens with two attached hydrogens (primary N) is 1. The number of hydrogen-bond donors (Lipinski definition) is 2. The highest BCUT2D eigenvalue weighted by atomic mass is 16.3. The first-order chi connectivity index (χ1) is 7.34. The number of rotatable bonds is 4. The van der Waals surface area contributed by atoms with Gasteiger partial charge in [0.1, 0.15) is 0 Å². The molecular formula is C12H24N2O2. The summed E-state index contributed by atoms with van der Waals surface area (Å²) in [4.78, 5) is 12.9. The molecule has 1 saturated carbocycles. The Bertz CT molecular complexity index is 247. The summed E-state index contributed by atoms with van der Waals surface area (Å²) in [6, 6.07) is -0.316. The van der Waals surface area contributed by atoms with Gasteiger partial charge in [-0.15, -0.1) is 0 Å². The van der Waals surface area contributed by atoms with Crippen molar-refractivity contribution in [2.75, 3.05) is 13.6 Å². The van der Waals surface area contributed by atoms with Gasteiger partial charge >= 0.3 is 0 Å². The lowest BCUT2D eigenvalue weighted by Gasteiger charge is -2.38. The van der Waals surface area contributed by atoms with Crippen molar-refractivity contribution in [2.24, 2.45) is 11.7 Å². The maximum Gasteiger partial charge on any atom is 0.234 e. The Morgan fingerprint density at radius 3 is 2.50 bits per heavy atom. The number of aliphatic hydroxyl groups is 1. The van der Waals surface area contributed by atoms with E-state index in [0.717, 1.165) is 25.7 Å². The molecule has 0 spiro atoms. The molecule has 1 rings (SSSR count). The van der Waals surface area contributed by atoms with E-state index in [0.29, 0.717) is 12.5 Å². The molecule has 4 nitrogen and oxygen atoms in total. The van der Waals surface area contributed by atoms with Gasteiger partial charge in [-0.25, -0.2) is 0 Å². The van der Waals surface area contributed by atoms with E-state index >= 15 is 0 Å². The van der Waals surface area contributed by atoms with E-state index < -0.39 is 5.60 Å². The zero-order valence-electron chi connectivity index (χ0n) is 10.6. The van der Waals surface area contributed by atoms with Crippen molar-refractivity contribution >= 4 is 5.91 Å². The summed E-state index contributed by atoms with van der Waals surface area (Å²) in [6.45, 7) is 4.52. The Morgan fingerprint density at radius 2 is 2.06 bits per heavy atom. The average Bonchev–Trinajstić information content (AvgIpc) is 2.21. The van der Waals surface area contributed by atoms with Gasteiger partial charge < -0.3 is 10.8 Å². The predicted molar refractivity (Wildman–Crippen MR) is 63.9 cm³/mol. The second kappa shape index (κ2) is 5.15. The van der Waals surface area contributed by atoms with Crippen LogP contribution in [0.4, 0.5) is 0 Å². The molecule has 0 unspecified atom stereocenters. The molecular weight excluding hydrogens is 204 g/mol. The highest BCUT2D eigenvalue weighted by molar-refractivity contribution is 5.79. The van der Waals surface area contributed by atoms with Gasteiger partial charge in [0.25, 0.3) is 0 Å². The predicted octanol–water partition coefficient (Wildman–Crippen LogP) is 0.733. The summed E-state index contributed by atoms with van der Waals surface area (Å²) in [5.41, 5.74) is 4.61. The van der Waals surface area contributed by atoms with Crippen molar-refractivity contribution in [2.45, 2.75) is 51.2 Å². The van der Waals surface area contributed by atoms with Crippen molar-refractivity contribution in [1.29, 1.82) is 0 Å². The van der Waals surface area contributed by atoms with Crippen LogP contribution in [0.1, 0.15) is 39.5 Å². The number of likely N-dealkylation sites (N-methyl/N-ethyl adjacent to an activating group) is 1. The first kappa shape index (κ1) is 13.5. The molecule has 0 bridgehead atoms. The molecule has 0 saturated heterocycles. The molecule has 0 aliphatic heterocycles. The van der Waals surface area contributed by atoms with E-state index in [1.807, 2.05) is 11.9 Å². The van der Waals surface area contributed by atoms with Crippen LogP contribution in [-0.2, 0) is 4.79 Å². The normalized spacial score (nSPS) is 32.7. The van der Waals surface area contributed by atoms with Crippen LogP contribution in [0.2, 0.25) is 0 Å². The van der Waals surface area contributed by atoms with Gasteiger partial charge in [-0.3, -0.25) is 9.69 Å². The number of carbonyl (C=O) groups is 1. The molecule has 0 aromatic rings. The standard InChI is InChI=1S/C12H24N2O2/c1-9-4-6-12(16,7-5-9)8-14(3)10(2)11(13)15/h9-10,16H,4-8H2,1-3H3,(H2,13,15)/t9?,10-,12?/m1/s1. The minimum absolute atomic E-state index is 0.316. The average molecular weight is 228 g/mol. The third-order valence-electron chi connectivity index (χ3n) is 3.82. The number of carbonyl (C=O) groups excluding carboxylic acids is 1. The number of hydrogen-bond acceptors (Lipinski definition) is 3. The fourth-order valence-electron chi connectivity index (χ4n) is 2.28. The molecule has 4 heteroatoms. The molecule has 1 aliphatic carbocycles. The maximum absolute atomic E-state index is 11.0. The Morgan fingerprint density at radius 1 is 1.56 bits per heavy atom. The largest absolute Gasteiger partial charge is 0.389 e. The van der Waals surface area contributed by atoms with Crippen LogP contribution in [0, 0.1) is 5.92 Å². The third-order valence-corrected chi connectivity index (χ3v) is 3.82. The van der Waals surface area contributed by atoms with Crippen LogP contribution in [-0.4, -0.2) is 41.1 Å². The van der Waals surface area contributed by atoms with Crippen LogP contribution < -0.4 is 5.73 Å². The van der Waals surface area contributed by atoms with Gasteiger partial charge in [-0.1, -0.05) is 6.92 Å². The van der Waals surface area contributed by atoms with Gasteiger partial charge in [-0.05, 0) is 45.6 Å². The van der Waals surface area contributed by atoms with Gasteiger partial charge in [0.15, 0.2) is 0 Å². The number of amides is 1. The van der Waals surface area contributed by atoms with E-state index in [9.17, 15) is 9.90 Å². The minimum Gasteiger partial charge on any atom is -0.389 e. The van der Waals surface area contributed by atoms with Gasteiger partial charge in [0.05, 0.1) is 11.6 Å². The Kier molecular flexibility index (Phi) is 4.33. The summed E-state index contributed by atoms with van der Waals surface area (Å²) in [7, 11) is 1.84.